The Morgan fingerprint density at radius 1 is 1.10 bits per heavy atom. The molecule has 7 heteroatoms. The van der Waals surface area contributed by atoms with Crippen LogP contribution in [0.4, 0.5) is 11.6 Å². The van der Waals surface area contributed by atoms with Crippen molar-refractivity contribution < 1.29 is 10.1 Å². The summed E-state index contributed by atoms with van der Waals surface area (Å²) in [6.45, 7) is 2.07. The van der Waals surface area contributed by atoms with E-state index in [2.05, 4.69) is 27.2 Å². The van der Waals surface area contributed by atoms with Crippen molar-refractivity contribution in [2.24, 2.45) is 0 Å². The van der Waals surface area contributed by atoms with E-state index >= 15 is 0 Å². The summed E-state index contributed by atoms with van der Waals surface area (Å²) in [7, 11) is 2.13. The molecule has 4 rings (SSSR count). The van der Waals surface area contributed by atoms with Crippen LogP contribution in [0.3, 0.4) is 0 Å². The third-order valence-electron chi connectivity index (χ3n) is 5.26. The molecular formula is C23H27N6O+. The van der Waals surface area contributed by atoms with Crippen LogP contribution in [0.15, 0.2) is 60.9 Å². The number of aromatic nitrogens is 2. The lowest BCUT2D eigenvalue weighted by molar-refractivity contribution is -0.111. The Bertz CT molecular complexity index is 1010. The SMILES string of the molecule is CN1CCCC(Nc2ncnc(N)c2C(=[NH2+])c2ccc(Oc3ccccc3)cc2)C1. The minimum Gasteiger partial charge on any atom is -0.457 e. The largest absolute Gasteiger partial charge is 0.457 e. The molecule has 154 valence electrons. The van der Waals surface area contributed by atoms with Gasteiger partial charge in [0.15, 0.2) is 0 Å². The molecule has 7 nitrogen and oxygen atoms in total. The number of hydrogen-bond donors (Lipinski definition) is 3. The summed E-state index contributed by atoms with van der Waals surface area (Å²) in [5, 5.41) is 10.0. The van der Waals surface area contributed by atoms with Crippen LogP contribution in [0.25, 0.3) is 0 Å². The summed E-state index contributed by atoms with van der Waals surface area (Å²) in [4.78, 5) is 10.9. The van der Waals surface area contributed by atoms with Gasteiger partial charge in [0.1, 0.15) is 35.0 Å². The number of nitrogens with zero attached hydrogens (tertiary/aromatic N) is 3. The Hall–Kier alpha value is -3.45. The number of nitrogens with one attached hydrogen (secondary N) is 1. The Morgan fingerprint density at radius 3 is 2.57 bits per heavy atom. The van der Waals surface area contributed by atoms with Crippen molar-refractivity contribution in [1.82, 2.24) is 14.9 Å². The lowest BCUT2D eigenvalue weighted by Gasteiger charge is -2.30. The molecule has 0 amide bonds. The van der Waals surface area contributed by atoms with E-state index in [-0.39, 0.29) is 0 Å². The van der Waals surface area contributed by atoms with Gasteiger partial charge in [-0.3, -0.25) is 5.41 Å². The van der Waals surface area contributed by atoms with Crippen LogP contribution in [0.1, 0.15) is 24.0 Å². The molecule has 0 bridgehead atoms. The molecule has 1 aliphatic rings. The molecule has 1 aliphatic heterocycles. The Labute approximate surface area is 176 Å². The first-order valence-electron chi connectivity index (χ1n) is 10.1. The van der Waals surface area contributed by atoms with Crippen LogP contribution in [-0.4, -0.2) is 46.8 Å². The van der Waals surface area contributed by atoms with E-state index in [0.717, 1.165) is 43.0 Å². The number of anilines is 2. The highest BCUT2D eigenvalue weighted by molar-refractivity contribution is 6.14. The average molecular weight is 404 g/mol. The number of para-hydroxylation sites is 1. The summed E-state index contributed by atoms with van der Waals surface area (Å²) in [5.74, 6) is 2.55. The first-order valence-corrected chi connectivity index (χ1v) is 10.1. The first kappa shape index (κ1) is 19.8. The van der Waals surface area contributed by atoms with Crippen LogP contribution in [0.5, 0.6) is 11.5 Å². The van der Waals surface area contributed by atoms with Crippen LogP contribution in [0.2, 0.25) is 0 Å². The van der Waals surface area contributed by atoms with E-state index in [1.54, 1.807) is 0 Å². The van der Waals surface area contributed by atoms with Gasteiger partial charge >= 0.3 is 0 Å². The van der Waals surface area contributed by atoms with Gasteiger partial charge in [-0.25, -0.2) is 9.97 Å². The Morgan fingerprint density at radius 2 is 1.83 bits per heavy atom. The zero-order chi connectivity index (χ0) is 20.9. The zero-order valence-corrected chi connectivity index (χ0v) is 17.1. The van der Waals surface area contributed by atoms with Crippen LogP contribution >= 0.6 is 0 Å². The van der Waals surface area contributed by atoms with Crippen molar-refractivity contribution in [2.75, 3.05) is 31.2 Å². The fourth-order valence-electron chi connectivity index (χ4n) is 3.72. The fraction of sp³-hybridized carbons (Fsp3) is 0.261. The monoisotopic (exact) mass is 403 g/mol. The molecule has 5 N–H and O–H groups in total. The molecule has 0 saturated carbocycles. The van der Waals surface area contributed by atoms with E-state index < -0.39 is 0 Å². The van der Waals surface area contributed by atoms with E-state index in [9.17, 15) is 0 Å². The number of likely N-dealkylation sites (tertiary alicyclic amines) is 1. The van der Waals surface area contributed by atoms with E-state index in [4.69, 9.17) is 15.9 Å². The van der Waals surface area contributed by atoms with Crippen molar-refractivity contribution >= 4 is 17.3 Å². The van der Waals surface area contributed by atoms with E-state index in [1.807, 2.05) is 54.6 Å². The molecule has 0 spiro atoms. The maximum Gasteiger partial charge on any atom is 0.218 e. The van der Waals surface area contributed by atoms with Crippen molar-refractivity contribution in [3.05, 3.63) is 72.1 Å². The second-order valence-electron chi connectivity index (χ2n) is 7.58. The Balaban J connectivity index is 1.54. The predicted octanol–water partition coefficient (Wildman–Crippen LogP) is 1.95. The molecular weight excluding hydrogens is 376 g/mol. The topological polar surface area (TPSA) is 102 Å². The number of hydrogen-bond acceptors (Lipinski definition) is 6. The number of benzene rings is 2. The summed E-state index contributed by atoms with van der Waals surface area (Å²) in [6.07, 6.45) is 3.70. The predicted molar refractivity (Wildman–Crippen MR) is 119 cm³/mol. The maximum absolute atomic E-state index is 6.52. The minimum absolute atomic E-state index is 0.297. The van der Waals surface area contributed by atoms with Gasteiger partial charge in [0.2, 0.25) is 5.71 Å². The summed E-state index contributed by atoms with van der Waals surface area (Å²) < 4.78 is 5.86. The van der Waals surface area contributed by atoms with Gasteiger partial charge in [0, 0.05) is 18.2 Å². The second kappa shape index (κ2) is 8.92. The molecule has 2 heterocycles. The molecule has 1 unspecified atom stereocenters. The third kappa shape index (κ3) is 4.58. The Kier molecular flexibility index (Phi) is 5.90. The number of ether oxygens (including phenoxy) is 1. The zero-order valence-electron chi connectivity index (χ0n) is 17.1. The lowest BCUT2D eigenvalue weighted by atomic mass is 10.0. The molecule has 0 aliphatic carbocycles. The van der Waals surface area contributed by atoms with E-state index in [0.29, 0.717) is 29.0 Å². The first-order chi connectivity index (χ1) is 14.6. The van der Waals surface area contributed by atoms with Gasteiger partial charge in [-0.2, -0.15) is 0 Å². The molecule has 1 atom stereocenters. The smallest absolute Gasteiger partial charge is 0.218 e. The molecule has 2 aromatic carbocycles. The highest BCUT2D eigenvalue weighted by atomic mass is 16.5. The second-order valence-corrected chi connectivity index (χ2v) is 7.58. The number of rotatable bonds is 6. The molecule has 3 aromatic rings. The van der Waals surface area contributed by atoms with Crippen LogP contribution < -0.4 is 21.2 Å². The maximum atomic E-state index is 6.52. The normalized spacial score (nSPS) is 16.8. The summed E-state index contributed by atoms with van der Waals surface area (Å²) >= 11 is 0. The van der Waals surface area contributed by atoms with Gasteiger partial charge in [-0.1, -0.05) is 18.2 Å². The van der Waals surface area contributed by atoms with Gasteiger partial charge in [-0.05, 0) is 62.8 Å². The molecule has 1 saturated heterocycles. The number of nitrogens with two attached hydrogens (primary N) is 2. The van der Waals surface area contributed by atoms with Crippen molar-refractivity contribution in [3.8, 4) is 11.5 Å². The summed E-state index contributed by atoms with van der Waals surface area (Å²) in [5.41, 5.74) is 8.21. The van der Waals surface area contributed by atoms with Gasteiger partial charge in [0.05, 0.1) is 0 Å². The number of likely N-dealkylation sites (N-methyl/N-ethyl adjacent to an activating group) is 1. The average Bonchev–Trinajstić information content (AvgIpc) is 2.75. The van der Waals surface area contributed by atoms with Crippen LogP contribution in [-0.2, 0) is 0 Å². The van der Waals surface area contributed by atoms with Gasteiger partial charge < -0.3 is 20.7 Å². The van der Waals surface area contributed by atoms with Crippen molar-refractivity contribution in [1.29, 1.82) is 0 Å². The molecule has 0 radical (unpaired) electrons. The fourth-order valence-corrected chi connectivity index (χ4v) is 3.72. The van der Waals surface area contributed by atoms with Crippen molar-refractivity contribution in [3.63, 3.8) is 0 Å². The van der Waals surface area contributed by atoms with E-state index in [1.165, 1.54) is 6.33 Å². The van der Waals surface area contributed by atoms with Gasteiger partial charge in [0.25, 0.3) is 0 Å². The number of nitrogen functional groups attached to an aromatic ring is 1. The molecule has 1 aromatic heterocycles. The number of piperidine rings is 1. The lowest BCUT2D eigenvalue weighted by Crippen LogP contribution is -2.43. The highest BCUT2D eigenvalue weighted by Crippen LogP contribution is 2.25. The molecule has 30 heavy (non-hydrogen) atoms. The minimum atomic E-state index is 0.297. The van der Waals surface area contributed by atoms with Gasteiger partial charge in [-0.15, -0.1) is 0 Å². The summed E-state index contributed by atoms with van der Waals surface area (Å²) in [6, 6.07) is 17.6. The van der Waals surface area contributed by atoms with Crippen molar-refractivity contribution in [2.45, 2.75) is 18.9 Å². The quantitative estimate of drug-likeness (QED) is 0.544. The highest BCUT2D eigenvalue weighted by Gasteiger charge is 2.24. The van der Waals surface area contributed by atoms with Crippen LogP contribution in [0, 0.1) is 0 Å². The standard InChI is InChI=1S/C23H26N6O/c1-29-13-5-6-17(14-29)28-23-20(22(25)26-15-27-23)21(24)16-9-11-19(12-10-16)30-18-7-3-2-4-8-18/h2-4,7-12,15,17,24H,5-6,13-14H2,1H3,(H3,25,26,27,28)/p+1. The molecule has 1 fully saturated rings. The third-order valence-corrected chi connectivity index (χ3v) is 5.26.